The van der Waals surface area contributed by atoms with Crippen LogP contribution in [0.25, 0.3) is 0 Å². The lowest BCUT2D eigenvalue weighted by atomic mass is 10.0. The van der Waals surface area contributed by atoms with E-state index in [1.807, 2.05) is 24.0 Å². The van der Waals surface area contributed by atoms with Crippen LogP contribution in [0.4, 0.5) is 0 Å². The van der Waals surface area contributed by atoms with Gasteiger partial charge in [0.1, 0.15) is 17.9 Å². The SMILES string of the molecule is CCOC(=O)C1CCCCN1Cc1cccc(OC2CCN(C(=O)CC3CCCC3)CC2)c1. The molecule has 0 aromatic heterocycles. The number of rotatable bonds is 8. The molecular formula is C27H40N2O4. The summed E-state index contributed by atoms with van der Waals surface area (Å²) >= 11 is 0. The van der Waals surface area contributed by atoms with Gasteiger partial charge in [-0.3, -0.25) is 14.5 Å². The molecule has 4 rings (SSSR count). The molecule has 6 nitrogen and oxygen atoms in total. The smallest absolute Gasteiger partial charge is 0.323 e. The Bertz CT molecular complexity index is 784. The first kappa shape index (κ1) is 24.1. The first-order valence-corrected chi connectivity index (χ1v) is 13.1. The summed E-state index contributed by atoms with van der Waals surface area (Å²) in [5.74, 6) is 1.73. The van der Waals surface area contributed by atoms with Crippen LogP contribution < -0.4 is 4.74 Å². The van der Waals surface area contributed by atoms with Crippen LogP contribution in [-0.2, 0) is 20.9 Å². The summed E-state index contributed by atoms with van der Waals surface area (Å²) in [5, 5.41) is 0. The van der Waals surface area contributed by atoms with Crippen LogP contribution in [0, 0.1) is 5.92 Å². The monoisotopic (exact) mass is 456 g/mol. The molecule has 1 aromatic rings. The summed E-state index contributed by atoms with van der Waals surface area (Å²) in [4.78, 5) is 29.3. The lowest BCUT2D eigenvalue weighted by molar-refractivity contribution is -0.151. The number of amides is 1. The highest BCUT2D eigenvalue weighted by molar-refractivity contribution is 5.76. The molecule has 0 radical (unpaired) electrons. The summed E-state index contributed by atoms with van der Waals surface area (Å²) in [6.45, 7) is 5.53. The van der Waals surface area contributed by atoms with E-state index in [-0.39, 0.29) is 18.1 Å². The fourth-order valence-electron chi connectivity index (χ4n) is 5.64. The topological polar surface area (TPSA) is 59.1 Å². The number of benzene rings is 1. The van der Waals surface area contributed by atoms with Crippen LogP contribution in [0.3, 0.4) is 0 Å². The molecule has 0 spiro atoms. The van der Waals surface area contributed by atoms with Crippen LogP contribution in [0.15, 0.2) is 24.3 Å². The second-order valence-corrected chi connectivity index (χ2v) is 9.93. The molecule has 0 bridgehead atoms. The standard InChI is InChI=1S/C27H40N2O4/c1-2-32-27(31)25-12-5-6-15-29(25)20-22-10-7-11-24(18-22)33-23-13-16-28(17-14-23)26(30)19-21-8-3-4-9-21/h7,10-11,18,21,23,25H,2-6,8-9,12-17,19-20H2,1H3. The van der Waals surface area contributed by atoms with Crippen molar-refractivity contribution in [2.45, 2.75) is 89.8 Å². The molecule has 1 aliphatic carbocycles. The van der Waals surface area contributed by atoms with E-state index < -0.39 is 0 Å². The van der Waals surface area contributed by atoms with Crippen LogP contribution >= 0.6 is 0 Å². The number of carbonyl (C=O) groups is 2. The second kappa shape index (κ2) is 11.9. The van der Waals surface area contributed by atoms with Gasteiger partial charge in [-0.15, -0.1) is 0 Å². The van der Waals surface area contributed by atoms with Crippen molar-refractivity contribution < 1.29 is 19.1 Å². The van der Waals surface area contributed by atoms with Crippen molar-refractivity contribution in [1.29, 1.82) is 0 Å². The van der Waals surface area contributed by atoms with E-state index in [0.717, 1.165) is 76.0 Å². The molecule has 3 aliphatic rings. The van der Waals surface area contributed by atoms with Gasteiger partial charge in [0.25, 0.3) is 0 Å². The maximum absolute atomic E-state index is 12.6. The van der Waals surface area contributed by atoms with E-state index >= 15 is 0 Å². The molecule has 33 heavy (non-hydrogen) atoms. The number of carbonyl (C=O) groups excluding carboxylic acids is 2. The lowest BCUT2D eigenvalue weighted by Gasteiger charge is -2.34. The van der Waals surface area contributed by atoms with E-state index in [1.54, 1.807) is 0 Å². The van der Waals surface area contributed by atoms with Crippen molar-refractivity contribution in [3.63, 3.8) is 0 Å². The minimum Gasteiger partial charge on any atom is -0.490 e. The first-order valence-electron chi connectivity index (χ1n) is 13.1. The molecule has 1 unspecified atom stereocenters. The number of ether oxygens (including phenoxy) is 2. The quantitative estimate of drug-likeness (QED) is 0.537. The third-order valence-electron chi connectivity index (χ3n) is 7.49. The minimum absolute atomic E-state index is 0.0983. The minimum atomic E-state index is -0.144. The van der Waals surface area contributed by atoms with Gasteiger partial charge in [-0.1, -0.05) is 31.4 Å². The van der Waals surface area contributed by atoms with E-state index in [2.05, 4.69) is 17.0 Å². The first-order chi connectivity index (χ1) is 16.1. The molecule has 1 saturated carbocycles. The van der Waals surface area contributed by atoms with E-state index in [9.17, 15) is 9.59 Å². The second-order valence-electron chi connectivity index (χ2n) is 9.93. The van der Waals surface area contributed by atoms with E-state index in [1.165, 1.54) is 25.7 Å². The van der Waals surface area contributed by atoms with E-state index in [0.29, 0.717) is 18.4 Å². The molecule has 3 fully saturated rings. The van der Waals surface area contributed by atoms with Gasteiger partial charge in [0.05, 0.1) is 6.61 Å². The molecular weight excluding hydrogens is 416 g/mol. The summed E-state index contributed by atoms with van der Waals surface area (Å²) in [7, 11) is 0. The van der Waals surface area contributed by atoms with Crippen molar-refractivity contribution in [3.8, 4) is 5.75 Å². The largest absolute Gasteiger partial charge is 0.490 e. The fourth-order valence-corrected chi connectivity index (χ4v) is 5.64. The lowest BCUT2D eigenvalue weighted by Crippen LogP contribution is -2.44. The Balaban J connectivity index is 1.27. The zero-order valence-corrected chi connectivity index (χ0v) is 20.2. The van der Waals surface area contributed by atoms with Crippen molar-refractivity contribution in [1.82, 2.24) is 9.80 Å². The Morgan fingerprint density at radius 1 is 0.970 bits per heavy atom. The predicted molar refractivity (Wildman–Crippen MR) is 128 cm³/mol. The number of esters is 1. The predicted octanol–water partition coefficient (Wildman–Crippen LogP) is 4.55. The Morgan fingerprint density at radius 2 is 1.73 bits per heavy atom. The van der Waals surface area contributed by atoms with Crippen molar-refractivity contribution in [2.75, 3.05) is 26.2 Å². The summed E-state index contributed by atoms with van der Waals surface area (Å²) < 4.78 is 11.6. The molecule has 0 N–H and O–H groups in total. The maximum Gasteiger partial charge on any atom is 0.323 e. The van der Waals surface area contributed by atoms with Crippen LogP contribution in [0.2, 0.25) is 0 Å². The van der Waals surface area contributed by atoms with Crippen molar-refractivity contribution in [2.24, 2.45) is 5.92 Å². The van der Waals surface area contributed by atoms with Gasteiger partial charge in [0.15, 0.2) is 0 Å². The van der Waals surface area contributed by atoms with Gasteiger partial charge in [-0.2, -0.15) is 0 Å². The maximum atomic E-state index is 12.6. The highest BCUT2D eigenvalue weighted by Gasteiger charge is 2.30. The van der Waals surface area contributed by atoms with Crippen LogP contribution in [-0.4, -0.2) is 60.1 Å². The average molecular weight is 457 g/mol. The fraction of sp³-hybridized carbons (Fsp3) is 0.704. The number of hydrogen-bond donors (Lipinski definition) is 0. The molecule has 1 aromatic carbocycles. The number of piperidine rings is 2. The third-order valence-corrected chi connectivity index (χ3v) is 7.49. The highest BCUT2D eigenvalue weighted by Crippen LogP contribution is 2.29. The van der Waals surface area contributed by atoms with Gasteiger partial charge < -0.3 is 14.4 Å². The third kappa shape index (κ3) is 6.72. The molecule has 2 saturated heterocycles. The van der Waals surface area contributed by atoms with Crippen LogP contribution in [0.1, 0.15) is 76.7 Å². The summed E-state index contributed by atoms with van der Waals surface area (Å²) in [6, 6.07) is 8.12. The average Bonchev–Trinajstić information content (AvgIpc) is 3.33. The molecule has 6 heteroatoms. The number of likely N-dealkylation sites (tertiary alicyclic amines) is 2. The molecule has 1 amide bonds. The van der Waals surface area contributed by atoms with Gasteiger partial charge >= 0.3 is 5.97 Å². The Kier molecular flexibility index (Phi) is 8.65. The molecule has 2 aliphatic heterocycles. The zero-order chi connectivity index (χ0) is 23.0. The Labute approximate surface area is 198 Å². The van der Waals surface area contributed by atoms with Crippen molar-refractivity contribution >= 4 is 11.9 Å². The summed E-state index contributed by atoms with van der Waals surface area (Å²) in [6.07, 6.45) is 10.7. The van der Waals surface area contributed by atoms with Gasteiger partial charge in [-0.05, 0) is 62.8 Å². The zero-order valence-electron chi connectivity index (χ0n) is 20.2. The molecule has 182 valence electrons. The molecule has 1 atom stereocenters. The number of nitrogens with zero attached hydrogens (tertiary/aromatic N) is 2. The van der Waals surface area contributed by atoms with Gasteiger partial charge in [0, 0.05) is 38.9 Å². The van der Waals surface area contributed by atoms with E-state index in [4.69, 9.17) is 9.47 Å². The van der Waals surface area contributed by atoms with Crippen molar-refractivity contribution in [3.05, 3.63) is 29.8 Å². The van der Waals surface area contributed by atoms with Gasteiger partial charge in [0.2, 0.25) is 5.91 Å². The van der Waals surface area contributed by atoms with Crippen LogP contribution in [0.5, 0.6) is 5.75 Å². The normalized spacial score (nSPS) is 22.9. The van der Waals surface area contributed by atoms with Gasteiger partial charge in [-0.25, -0.2) is 0 Å². The number of hydrogen-bond acceptors (Lipinski definition) is 5. The Morgan fingerprint density at radius 3 is 2.48 bits per heavy atom. The molecule has 2 heterocycles. The highest BCUT2D eigenvalue weighted by atomic mass is 16.5. The summed E-state index contributed by atoms with van der Waals surface area (Å²) in [5.41, 5.74) is 1.16. The Hall–Kier alpha value is -2.08.